The third kappa shape index (κ3) is 7.92. The Balaban J connectivity index is 1.32. The van der Waals surface area contributed by atoms with Crippen molar-refractivity contribution < 1.29 is 4.79 Å². The van der Waals surface area contributed by atoms with Gasteiger partial charge in [0.15, 0.2) is 5.82 Å². The van der Waals surface area contributed by atoms with Crippen molar-refractivity contribution in [1.82, 2.24) is 39.9 Å². The number of anilines is 2. The molecule has 11 nitrogen and oxygen atoms in total. The number of aromatic amines is 1. The Bertz CT molecular complexity index is 1620. The third-order valence-corrected chi connectivity index (χ3v) is 8.78. The highest BCUT2D eigenvalue weighted by Gasteiger charge is 2.32. The maximum Gasteiger partial charge on any atom is 0.228 e. The van der Waals surface area contributed by atoms with Gasteiger partial charge in [0.1, 0.15) is 5.69 Å². The number of H-pyrrole nitrogens is 1. The molecule has 0 aliphatic heterocycles. The number of nitrogens with one attached hydrogen (secondary N) is 2. The Morgan fingerprint density at radius 2 is 1.76 bits per heavy atom. The Morgan fingerprint density at radius 3 is 2.33 bits per heavy atom. The number of nitrogens with zero attached hydrogens (tertiary/aromatic N) is 8. The van der Waals surface area contributed by atoms with Crippen molar-refractivity contribution in [3.05, 3.63) is 47.8 Å². The number of carbonyl (C=O) groups excluding carboxylic acids is 1. The fourth-order valence-electron chi connectivity index (χ4n) is 5.76. The first-order valence-corrected chi connectivity index (χ1v) is 16.6. The molecule has 0 bridgehead atoms. The highest BCUT2D eigenvalue weighted by Crippen LogP contribution is 2.35. The Labute approximate surface area is 277 Å². The smallest absolute Gasteiger partial charge is 0.228 e. The first kappa shape index (κ1) is 33.5. The molecule has 1 amide bonds. The largest absolute Gasteiger partial charge is 0.351 e. The molecule has 1 saturated carbocycles. The van der Waals surface area contributed by atoms with Crippen LogP contribution in [0.5, 0.6) is 0 Å². The summed E-state index contributed by atoms with van der Waals surface area (Å²) in [6, 6.07) is 0.449. The summed E-state index contributed by atoms with van der Waals surface area (Å²) >= 11 is 6.44. The normalized spacial score (nSPS) is 17.3. The van der Waals surface area contributed by atoms with E-state index in [1.807, 2.05) is 22.0 Å². The summed E-state index contributed by atoms with van der Waals surface area (Å²) in [5, 5.41) is 15.6. The van der Waals surface area contributed by atoms with Crippen LogP contribution in [0.25, 0.3) is 22.6 Å². The molecular formula is C34H47ClN10O. The summed E-state index contributed by atoms with van der Waals surface area (Å²) in [6.07, 6.45) is 15.3. The van der Waals surface area contributed by atoms with E-state index in [4.69, 9.17) is 26.6 Å². The standard InChI is InChI=1S/C34H47ClN10O/c1-21(2)44-20-22(15-40-44)27-18-37-28(19-36-27)45(29(46)13-14-33(3,4)5)24-11-9-23(10-12-24)41-32-38-16-25(34(6,7)8)30(42-32)31-26(35)17-39-43-31/h15-21,23-24H,9-14H2,1-8H3,(H,39,43)(H,38,41,42). The lowest BCUT2D eigenvalue weighted by atomic mass is 9.86. The van der Waals surface area contributed by atoms with E-state index in [-0.39, 0.29) is 34.9 Å². The SMILES string of the molecule is CC(C)n1cc(-c2cnc(N(C(=O)CCC(C)(C)C)C3CCC(Nc4ncc(C(C)(C)C)c(-c5[nH]ncc5Cl)n4)CC3)cn2)cn1. The van der Waals surface area contributed by atoms with Crippen molar-refractivity contribution in [2.45, 2.75) is 117 Å². The zero-order valence-electron chi connectivity index (χ0n) is 28.3. The Kier molecular flexibility index (Phi) is 9.81. The molecule has 4 heterocycles. The molecule has 46 heavy (non-hydrogen) atoms. The highest BCUT2D eigenvalue weighted by atomic mass is 35.5. The van der Waals surface area contributed by atoms with Crippen LogP contribution in [0.4, 0.5) is 11.8 Å². The van der Waals surface area contributed by atoms with Crippen molar-refractivity contribution >= 4 is 29.3 Å². The van der Waals surface area contributed by atoms with Crippen LogP contribution in [0, 0.1) is 5.41 Å². The fraction of sp³-hybridized carbons (Fsp3) is 0.559. The van der Waals surface area contributed by atoms with Crippen LogP contribution in [0.15, 0.2) is 37.2 Å². The fourth-order valence-corrected chi connectivity index (χ4v) is 5.94. The molecule has 0 aromatic carbocycles. The Morgan fingerprint density at radius 1 is 1.02 bits per heavy atom. The minimum absolute atomic E-state index is 0.0258. The maximum absolute atomic E-state index is 13.8. The van der Waals surface area contributed by atoms with Gasteiger partial charge in [0.05, 0.1) is 41.2 Å². The highest BCUT2D eigenvalue weighted by molar-refractivity contribution is 6.32. The lowest BCUT2D eigenvalue weighted by Gasteiger charge is -2.37. The summed E-state index contributed by atoms with van der Waals surface area (Å²) in [5.41, 5.74) is 3.93. The molecule has 12 heteroatoms. The molecule has 0 radical (unpaired) electrons. The van der Waals surface area contributed by atoms with Gasteiger partial charge in [-0.2, -0.15) is 10.2 Å². The molecule has 5 rings (SSSR count). The number of carbonyl (C=O) groups is 1. The van der Waals surface area contributed by atoms with E-state index < -0.39 is 0 Å². The monoisotopic (exact) mass is 646 g/mol. The molecule has 0 spiro atoms. The van der Waals surface area contributed by atoms with Crippen molar-refractivity contribution in [3.63, 3.8) is 0 Å². The Hall–Kier alpha value is -3.86. The van der Waals surface area contributed by atoms with E-state index in [1.54, 1.807) is 24.8 Å². The minimum Gasteiger partial charge on any atom is -0.351 e. The van der Waals surface area contributed by atoms with E-state index in [2.05, 4.69) is 81.0 Å². The molecule has 0 atom stereocenters. The van der Waals surface area contributed by atoms with Crippen LogP contribution in [0.1, 0.15) is 106 Å². The van der Waals surface area contributed by atoms with Gasteiger partial charge in [-0.05, 0) is 56.8 Å². The van der Waals surface area contributed by atoms with Crippen LogP contribution in [-0.4, -0.2) is 57.9 Å². The van der Waals surface area contributed by atoms with E-state index in [1.165, 1.54) is 0 Å². The molecule has 2 N–H and O–H groups in total. The van der Waals surface area contributed by atoms with E-state index in [0.29, 0.717) is 28.9 Å². The van der Waals surface area contributed by atoms with E-state index >= 15 is 0 Å². The molecule has 1 aliphatic carbocycles. The van der Waals surface area contributed by atoms with Gasteiger partial charge in [-0.1, -0.05) is 53.1 Å². The number of hydrogen-bond acceptors (Lipinski definition) is 8. The van der Waals surface area contributed by atoms with E-state index in [0.717, 1.165) is 54.6 Å². The summed E-state index contributed by atoms with van der Waals surface area (Å²) in [6.45, 7) is 17.0. The van der Waals surface area contributed by atoms with Gasteiger partial charge in [-0.25, -0.2) is 15.0 Å². The molecular weight excluding hydrogens is 600 g/mol. The number of hydrogen-bond donors (Lipinski definition) is 2. The zero-order valence-corrected chi connectivity index (χ0v) is 29.1. The van der Waals surface area contributed by atoms with Crippen molar-refractivity contribution in [2.75, 3.05) is 10.2 Å². The molecule has 0 unspecified atom stereocenters. The van der Waals surface area contributed by atoms with Gasteiger partial charge in [0.25, 0.3) is 0 Å². The predicted molar refractivity (Wildman–Crippen MR) is 183 cm³/mol. The number of halogens is 1. The number of aromatic nitrogens is 8. The van der Waals surface area contributed by atoms with Gasteiger partial charge in [-0.3, -0.25) is 24.5 Å². The van der Waals surface area contributed by atoms with Gasteiger partial charge in [-0.15, -0.1) is 0 Å². The first-order chi connectivity index (χ1) is 21.7. The van der Waals surface area contributed by atoms with Crippen molar-refractivity contribution in [2.24, 2.45) is 5.41 Å². The van der Waals surface area contributed by atoms with Crippen LogP contribution in [0.2, 0.25) is 5.02 Å². The van der Waals surface area contributed by atoms with Gasteiger partial charge < -0.3 is 5.32 Å². The van der Waals surface area contributed by atoms with E-state index in [9.17, 15) is 4.79 Å². The maximum atomic E-state index is 13.8. The average molecular weight is 647 g/mol. The number of rotatable bonds is 9. The second kappa shape index (κ2) is 13.5. The molecule has 4 aromatic heterocycles. The summed E-state index contributed by atoms with van der Waals surface area (Å²) in [5.74, 6) is 1.23. The summed E-state index contributed by atoms with van der Waals surface area (Å²) < 4.78 is 1.90. The molecule has 246 valence electrons. The van der Waals surface area contributed by atoms with Crippen LogP contribution in [0.3, 0.4) is 0 Å². The topological polar surface area (TPSA) is 130 Å². The van der Waals surface area contributed by atoms with Crippen LogP contribution < -0.4 is 10.2 Å². The predicted octanol–water partition coefficient (Wildman–Crippen LogP) is 7.63. The summed E-state index contributed by atoms with van der Waals surface area (Å²) in [4.78, 5) is 34.7. The van der Waals surface area contributed by atoms with Crippen LogP contribution in [-0.2, 0) is 10.2 Å². The van der Waals surface area contributed by atoms with Gasteiger partial charge in [0, 0.05) is 48.1 Å². The van der Waals surface area contributed by atoms with Crippen molar-refractivity contribution in [1.29, 1.82) is 0 Å². The van der Waals surface area contributed by atoms with Gasteiger partial charge in [0.2, 0.25) is 11.9 Å². The van der Waals surface area contributed by atoms with Gasteiger partial charge >= 0.3 is 0 Å². The lowest BCUT2D eigenvalue weighted by Crippen LogP contribution is -2.45. The molecule has 0 saturated heterocycles. The average Bonchev–Trinajstić information content (AvgIpc) is 3.66. The third-order valence-electron chi connectivity index (χ3n) is 8.49. The number of amides is 1. The summed E-state index contributed by atoms with van der Waals surface area (Å²) in [7, 11) is 0. The molecule has 1 fully saturated rings. The second-order valence-electron chi connectivity index (χ2n) is 14.8. The molecule has 1 aliphatic rings. The quantitative estimate of drug-likeness (QED) is 0.190. The van der Waals surface area contributed by atoms with Crippen LogP contribution >= 0.6 is 11.6 Å². The first-order valence-electron chi connectivity index (χ1n) is 16.2. The lowest BCUT2D eigenvalue weighted by molar-refractivity contribution is -0.119. The minimum atomic E-state index is -0.180. The molecule has 4 aromatic rings. The van der Waals surface area contributed by atoms with Crippen molar-refractivity contribution in [3.8, 4) is 22.6 Å². The zero-order chi connectivity index (χ0) is 33.2. The second-order valence-corrected chi connectivity index (χ2v) is 15.2.